The first-order valence-corrected chi connectivity index (χ1v) is 6.88. The van der Waals surface area contributed by atoms with E-state index in [0.29, 0.717) is 0 Å². The molecular formula is C13H22N2S. The smallest absolute Gasteiger partial charge is 0.183 e. The van der Waals surface area contributed by atoms with Gasteiger partial charge in [-0.1, -0.05) is 13.8 Å². The van der Waals surface area contributed by atoms with E-state index in [0.717, 1.165) is 5.13 Å². The van der Waals surface area contributed by atoms with Crippen molar-refractivity contribution in [2.75, 3.05) is 5.32 Å². The Balaban J connectivity index is 2.30. The average Bonchev–Trinajstić information content (AvgIpc) is 2.44. The lowest BCUT2D eigenvalue weighted by Gasteiger charge is -2.28. The number of aryl methyl sites for hydroxylation is 1. The molecule has 0 atom stereocenters. The van der Waals surface area contributed by atoms with Crippen LogP contribution < -0.4 is 5.32 Å². The maximum absolute atomic E-state index is 4.80. The van der Waals surface area contributed by atoms with E-state index < -0.39 is 0 Å². The molecule has 0 aliphatic heterocycles. The van der Waals surface area contributed by atoms with Crippen LogP contribution >= 0.6 is 11.3 Å². The van der Waals surface area contributed by atoms with Gasteiger partial charge in [-0.15, -0.1) is 11.3 Å². The Morgan fingerprint density at radius 3 is 2.56 bits per heavy atom. The summed E-state index contributed by atoms with van der Waals surface area (Å²) in [6, 6.07) is 0. The summed E-state index contributed by atoms with van der Waals surface area (Å²) in [5.41, 5.74) is 1.70. The van der Waals surface area contributed by atoms with Gasteiger partial charge in [-0.25, -0.2) is 4.98 Å². The van der Waals surface area contributed by atoms with Crippen molar-refractivity contribution in [1.29, 1.82) is 0 Å². The van der Waals surface area contributed by atoms with Crippen LogP contribution in [-0.2, 0) is 11.8 Å². The topological polar surface area (TPSA) is 24.9 Å². The van der Waals surface area contributed by atoms with Gasteiger partial charge in [0.2, 0.25) is 0 Å². The van der Waals surface area contributed by atoms with E-state index in [4.69, 9.17) is 4.98 Å². The second kappa shape index (κ2) is 3.73. The van der Waals surface area contributed by atoms with E-state index in [1.165, 1.54) is 29.8 Å². The first-order valence-electron chi connectivity index (χ1n) is 6.06. The van der Waals surface area contributed by atoms with Crippen molar-refractivity contribution in [1.82, 2.24) is 4.98 Å². The zero-order valence-corrected chi connectivity index (χ0v) is 11.8. The third-order valence-corrected chi connectivity index (χ3v) is 4.06. The molecule has 16 heavy (non-hydrogen) atoms. The summed E-state index contributed by atoms with van der Waals surface area (Å²) < 4.78 is 0. The van der Waals surface area contributed by atoms with Gasteiger partial charge in [0, 0.05) is 15.8 Å². The predicted molar refractivity (Wildman–Crippen MR) is 71.5 cm³/mol. The molecule has 1 N–H and O–H groups in total. The van der Waals surface area contributed by atoms with Crippen LogP contribution in [0, 0.1) is 0 Å². The lowest BCUT2D eigenvalue weighted by atomic mass is 9.79. The lowest BCUT2D eigenvalue weighted by Crippen LogP contribution is -2.26. The molecule has 1 aromatic heterocycles. The molecule has 0 saturated heterocycles. The summed E-state index contributed by atoms with van der Waals surface area (Å²) in [4.78, 5) is 6.29. The minimum Gasteiger partial charge on any atom is -0.357 e. The molecule has 1 heterocycles. The number of nitrogens with zero attached hydrogens (tertiary/aromatic N) is 1. The SMILES string of the molecule is CC(C)(C)Nc1nc2c(s1)CCCC2(C)C. The van der Waals surface area contributed by atoms with E-state index in [9.17, 15) is 0 Å². The van der Waals surface area contributed by atoms with Crippen LogP contribution in [0.15, 0.2) is 0 Å². The summed E-state index contributed by atoms with van der Waals surface area (Å²) >= 11 is 1.84. The van der Waals surface area contributed by atoms with E-state index >= 15 is 0 Å². The highest BCUT2D eigenvalue weighted by molar-refractivity contribution is 7.15. The molecule has 1 aromatic rings. The second-order valence-electron chi connectivity index (χ2n) is 6.40. The van der Waals surface area contributed by atoms with Crippen molar-refractivity contribution in [2.45, 2.75) is 64.8 Å². The number of thiazole rings is 1. The third kappa shape index (κ3) is 2.40. The molecule has 2 rings (SSSR count). The van der Waals surface area contributed by atoms with Crippen LogP contribution in [0.2, 0.25) is 0 Å². The molecule has 0 amide bonds. The summed E-state index contributed by atoms with van der Waals surface area (Å²) in [5, 5.41) is 4.57. The molecular weight excluding hydrogens is 216 g/mol. The number of hydrogen-bond donors (Lipinski definition) is 1. The van der Waals surface area contributed by atoms with Crippen LogP contribution in [0.25, 0.3) is 0 Å². The van der Waals surface area contributed by atoms with Gasteiger partial charge in [0.1, 0.15) is 0 Å². The number of nitrogens with one attached hydrogen (secondary N) is 1. The number of hydrogen-bond acceptors (Lipinski definition) is 3. The largest absolute Gasteiger partial charge is 0.357 e. The maximum Gasteiger partial charge on any atom is 0.183 e. The third-order valence-electron chi connectivity index (χ3n) is 3.03. The van der Waals surface area contributed by atoms with Crippen molar-refractivity contribution in [2.24, 2.45) is 0 Å². The van der Waals surface area contributed by atoms with Crippen LogP contribution in [0.5, 0.6) is 0 Å². The average molecular weight is 238 g/mol. The van der Waals surface area contributed by atoms with Crippen LogP contribution in [-0.4, -0.2) is 10.5 Å². The molecule has 0 spiro atoms. The molecule has 1 aliphatic rings. The molecule has 0 unspecified atom stereocenters. The first-order chi connectivity index (χ1) is 7.28. The Morgan fingerprint density at radius 2 is 2.00 bits per heavy atom. The molecule has 3 heteroatoms. The number of aromatic nitrogens is 1. The van der Waals surface area contributed by atoms with Crippen LogP contribution in [0.1, 0.15) is 58.0 Å². The molecule has 90 valence electrons. The van der Waals surface area contributed by atoms with Crippen LogP contribution in [0.3, 0.4) is 0 Å². The minimum atomic E-state index is 0.102. The van der Waals surface area contributed by atoms with Crippen molar-refractivity contribution < 1.29 is 0 Å². The zero-order valence-electron chi connectivity index (χ0n) is 11.0. The number of rotatable bonds is 1. The fraction of sp³-hybridized carbons (Fsp3) is 0.769. The van der Waals surface area contributed by atoms with E-state index in [1.807, 2.05) is 11.3 Å². The van der Waals surface area contributed by atoms with Gasteiger partial charge in [-0.05, 0) is 40.0 Å². The van der Waals surface area contributed by atoms with E-state index in [1.54, 1.807) is 0 Å². The molecule has 0 fully saturated rings. The van der Waals surface area contributed by atoms with Gasteiger partial charge in [0.05, 0.1) is 5.69 Å². The summed E-state index contributed by atoms with van der Waals surface area (Å²) in [7, 11) is 0. The Morgan fingerprint density at radius 1 is 1.31 bits per heavy atom. The number of anilines is 1. The van der Waals surface area contributed by atoms with E-state index in [2.05, 4.69) is 39.9 Å². The van der Waals surface area contributed by atoms with Gasteiger partial charge < -0.3 is 5.32 Å². The monoisotopic (exact) mass is 238 g/mol. The van der Waals surface area contributed by atoms with Gasteiger partial charge in [0.25, 0.3) is 0 Å². The summed E-state index contributed by atoms with van der Waals surface area (Å²) in [6.07, 6.45) is 3.78. The first kappa shape index (κ1) is 11.9. The standard InChI is InChI=1S/C13H22N2S/c1-12(2,3)15-11-14-10-9(16-11)7-6-8-13(10,4)5/h6-8H2,1-5H3,(H,14,15). The molecule has 0 radical (unpaired) electrons. The highest BCUT2D eigenvalue weighted by Crippen LogP contribution is 2.40. The Bertz CT molecular complexity index is 385. The quantitative estimate of drug-likeness (QED) is 0.801. The fourth-order valence-corrected chi connectivity index (χ4v) is 3.63. The van der Waals surface area contributed by atoms with Crippen molar-refractivity contribution in [3.05, 3.63) is 10.6 Å². The second-order valence-corrected chi connectivity index (χ2v) is 7.49. The van der Waals surface area contributed by atoms with Gasteiger partial charge in [-0.2, -0.15) is 0 Å². The molecule has 0 saturated carbocycles. The summed E-state index contributed by atoms with van der Waals surface area (Å²) in [5.74, 6) is 0. The van der Waals surface area contributed by atoms with Crippen LogP contribution in [0.4, 0.5) is 5.13 Å². The zero-order chi connectivity index (χ0) is 12.0. The minimum absolute atomic E-state index is 0.102. The molecule has 0 bridgehead atoms. The van der Waals surface area contributed by atoms with Crippen molar-refractivity contribution >= 4 is 16.5 Å². The maximum atomic E-state index is 4.80. The Hall–Kier alpha value is -0.570. The Labute approximate surface area is 102 Å². The molecule has 2 nitrogen and oxygen atoms in total. The normalized spacial score (nSPS) is 19.3. The molecule has 0 aromatic carbocycles. The molecule has 1 aliphatic carbocycles. The highest BCUT2D eigenvalue weighted by Gasteiger charge is 2.31. The van der Waals surface area contributed by atoms with Crippen molar-refractivity contribution in [3.8, 4) is 0 Å². The Kier molecular flexibility index (Phi) is 2.77. The predicted octanol–water partition coefficient (Wildman–Crippen LogP) is 3.97. The lowest BCUT2D eigenvalue weighted by molar-refractivity contribution is 0.424. The highest BCUT2D eigenvalue weighted by atomic mass is 32.1. The summed E-state index contributed by atoms with van der Waals surface area (Å²) in [6.45, 7) is 11.2. The van der Waals surface area contributed by atoms with E-state index in [-0.39, 0.29) is 11.0 Å². The number of fused-ring (bicyclic) bond motifs is 1. The fourth-order valence-electron chi connectivity index (χ4n) is 2.23. The van der Waals surface area contributed by atoms with Gasteiger partial charge in [0.15, 0.2) is 5.13 Å². The van der Waals surface area contributed by atoms with Crippen molar-refractivity contribution in [3.63, 3.8) is 0 Å². The van der Waals surface area contributed by atoms with Gasteiger partial charge >= 0.3 is 0 Å². The van der Waals surface area contributed by atoms with Gasteiger partial charge in [-0.3, -0.25) is 0 Å².